The Morgan fingerprint density at radius 2 is 1.91 bits per heavy atom. The van der Waals surface area contributed by atoms with Crippen LogP contribution in [-0.4, -0.2) is 17.4 Å². The molecule has 2 atom stereocenters. The van der Waals surface area contributed by atoms with E-state index in [0.29, 0.717) is 5.92 Å². The third kappa shape index (κ3) is 3.64. The molecular weight excluding hydrogens is 274 g/mol. The first kappa shape index (κ1) is 14.6. The third-order valence-corrected chi connectivity index (χ3v) is 4.05. The number of nitrogens with one attached hydrogen (secondary N) is 2. The number of benzene rings is 1. The van der Waals surface area contributed by atoms with Gasteiger partial charge in [-0.2, -0.15) is 0 Å². The van der Waals surface area contributed by atoms with Crippen molar-refractivity contribution in [1.82, 2.24) is 4.98 Å². The SMILES string of the molecule is C[C@H]1C[C@H]1C(=O)Nc1ccccc1NCCc1ccccn1. The summed E-state index contributed by atoms with van der Waals surface area (Å²) < 4.78 is 0. The molecule has 1 aliphatic rings. The lowest BCUT2D eigenvalue weighted by molar-refractivity contribution is -0.117. The van der Waals surface area contributed by atoms with E-state index in [1.807, 2.05) is 42.5 Å². The van der Waals surface area contributed by atoms with Crippen LogP contribution in [0.1, 0.15) is 19.0 Å². The van der Waals surface area contributed by atoms with Crippen molar-refractivity contribution in [3.63, 3.8) is 0 Å². The van der Waals surface area contributed by atoms with Crippen LogP contribution in [0.4, 0.5) is 11.4 Å². The second-order valence-electron chi connectivity index (χ2n) is 5.85. The van der Waals surface area contributed by atoms with Crippen LogP contribution in [0.15, 0.2) is 48.7 Å². The molecule has 4 nitrogen and oxygen atoms in total. The molecule has 0 aliphatic heterocycles. The molecular formula is C18H21N3O. The summed E-state index contributed by atoms with van der Waals surface area (Å²) in [5.41, 5.74) is 2.87. The van der Waals surface area contributed by atoms with E-state index < -0.39 is 0 Å². The summed E-state index contributed by atoms with van der Waals surface area (Å²) in [6, 6.07) is 13.8. The molecule has 2 N–H and O–H groups in total. The van der Waals surface area contributed by atoms with Crippen LogP contribution >= 0.6 is 0 Å². The molecule has 0 spiro atoms. The molecule has 4 heteroatoms. The van der Waals surface area contributed by atoms with Crippen molar-refractivity contribution in [2.45, 2.75) is 19.8 Å². The van der Waals surface area contributed by atoms with Crippen molar-refractivity contribution in [3.05, 3.63) is 54.4 Å². The van der Waals surface area contributed by atoms with Gasteiger partial charge in [-0.1, -0.05) is 25.1 Å². The monoisotopic (exact) mass is 295 g/mol. The topological polar surface area (TPSA) is 54.0 Å². The Morgan fingerprint density at radius 1 is 1.18 bits per heavy atom. The van der Waals surface area contributed by atoms with E-state index in [2.05, 4.69) is 22.5 Å². The zero-order valence-electron chi connectivity index (χ0n) is 12.8. The van der Waals surface area contributed by atoms with E-state index in [1.165, 1.54) is 0 Å². The van der Waals surface area contributed by atoms with Crippen LogP contribution in [-0.2, 0) is 11.2 Å². The number of rotatable bonds is 6. The highest BCUT2D eigenvalue weighted by atomic mass is 16.2. The van der Waals surface area contributed by atoms with Crippen molar-refractivity contribution >= 4 is 17.3 Å². The predicted octanol–water partition coefficient (Wildman–Crippen LogP) is 3.33. The summed E-state index contributed by atoms with van der Waals surface area (Å²) in [5.74, 6) is 0.831. The van der Waals surface area contributed by atoms with E-state index in [4.69, 9.17) is 0 Å². The summed E-state index contributed by atoms with van der Waals surface area (Å²) >= 11 is 0. The number of nitrogens with zero attached hydrogens (tertiary/aromatic N) is 1. The van der Waals surface area contributed by atoms with Gasteiger partial charge in [-0.15, -0.1) is 0 Å². The summed E-state index contributed by atoms with van der Waals surface area (Å²) in [6.07, 6.45) is 3.66. The average molecular weight is 295 g/mol. The van der Waals surface area contributed by atoms with Crippen LogP contribution in [0.25, 0.3) is 0 Å². The molecule has 1 aliphatic carbocycles. The standard InChI is InChI=1S/C18H21N3O/c1-13-12-15(13)18(22)21-17-8-3-2-7-16(17)20-11-9-14-6-4-5-10-19-14/h2-8,10,13,15,20H,9,11-12H2,1H3,(H,21,22)/t13-,15+/m0/s1. The Balaban J connectivity index is 1.58. The maximum Gasteiger partial charge on any atom is 0.227 e. The largest absolute Gasteiger partial charge is 0.383 e. The van der Waals surface area contributed by atoms with Gasteiger partial charge in [0.2, 0.25) is 5.91 Å². The number of anilines is 2. The fraction of sp³-hybridized carbons (Fsp3) is 0.333. The molecule has 22 heavy (non-hydrogen) atoms. The van der Waals surface area contributed by atoms with Crippen molar-refractivity contribution in [2.24, 2.45) is 11.8 Å². The minimum absolute atomic E-state index is 0.131. The molecule has 114 valence electrons. The Kier molecular flexibility index (Phi) is 4.37. The number of carbonyl (C=O) groups is 1. The summed E-state index contributed by atoms with van der Waals surface area (Å²) in [5, 5.41) is 6.42. The van der Waals surface area contributed by atoms with Crippen molar-refractivity contribution in [3.8, 4) is 0 Å². The Morgan fingerprint density at radius 3 is 2.59 bits per heavy atom. The smallest absolute Gasteiger partial charge is 0.227 e. The Hall–Kier alpha value is -2.36. The predicted molar refractivity (Wildman–Crippen MR) is 88.8 cm³/mol. The van der Waals surface area contributed by atoms with Gasteiger partial charge < -0.3 is 10.6 Å². The molecule has 0 bridgehead atoms. The van der Waals surface area contributed by atoms with Crippen LogP contribution in [0.5, 0.6) is 0 Å². The molecule has 1 aromatic carbocycles. The van der Waals surface area contributed by atoms with Gasteiger partial charge >= 0.3 is 0 Å². The molecule has 1 saturated carbocycles. The number of carbonyl (C=O) groups excluding carboxylic acids is 1. The quantitative estimate of drug-likeness (QED) is 0.859. The maximum atomic E-state index is 12.1. The number of hydrogen-bond donors (Lipinski definition) is 2. The van der Waals surface area contributed by atoms with Crippen molar-refractivity contribution < 1.29 is 4.79 Å². The lowest BCUT2D eigenvalue weighted by atomic mass is 10.2. The molecule has 0 saturated heterocycles. The van der Waals surface area contributed by atoms with Gasteiger partial charge in [-0.05, 0) is 36.6 Å². The fourth-order valence-electron chi connectivity index (χ4n) is 2.53. The van der Waals surface area contributed by atoms with Crippen LogP contribution in [0.3, 0.4) is 0 Å². The molecule has 1 fully saturated rings. The minimum Gasteiger partial charge on any atom is -0.383 e. The van der Waals surface area contributed by atoms with Gasteiger partial charge in [-0.3, -0.25) is 9.78 Å². The van der Waals surface area contributed by atoms with Crippen molar-refractivity contribution in [1.29, 1.82) is 0 Å². The van der Waals surface area contributed by atoms with E-state index in [9.17, 15) is 4.79 Å². The van der Waals surface area contributed by atoms with E-state index in [0.717, 1.165) is 36.5 Å². The molecule has 1 heterocycles. The zero-order chi connectivity index (χ0) is 15.4. The van der Waals surface area contributed by atoms with Crippen LogP contribution < -0.4 is 10.6 Å². The van der Waals surface area contributed by atoms with Gasteiger partial charge in [-0.25, -0.2) is 0 Å². The minimum atomic E-state index is 0.131. The molecule has 1 aromatic heterocycles. The Labute approximate surface area is 131 Å². The second kappa shape index (κ2) is 6.60. The van der Waals surface area contributed by atoms with Gasteiger partial charge in [0.1, 0.15) is 0 Å². The van der Waals surface area contributed by atoms with Gasteiger partial charge in [0, 0.05) is 30.8 Å². The molecule has 2 aromatic rings. The van der Waals surface area contributed by atoms with Gasteiger partial charge in [0.25, 0.3) is 0 Å². The first-order chi connectivity index (χ1) is 10.7. The third-order valence-electron chi connectivity index (χ3n) is 4.05. The highest BCUT2D eigenvalue weighted by Gasteiger charge is 2.39. The average Bonchev–Trinajstić information content (AvgIpc) is 3.27. The van der Waals surface area contributed by atoms with E-state index in [-0.39, 0.29) is 11.8 Å². The molecule has 0 radical (unpaired) electrons. The first-order valence-electron chi connectivity index (χ1n) is 7.77. The summed E-state index contributed by atoms with van der Waals surface area (Å²) in [4.78, 5) is 16.4. The summed E-state index contributed by atoms with van der Waals surface area (Å²) in [6.45, 7) is 2.89. The number of hydrogen-bond acceptors (Lipinski definition) is 3. The highest BCUT2D eigenvalue weighted by molar-refractivity contribution is 5.97. The number of para-hydroxylation sites is 2. The van der Waals surface area contributed by atoms with Gasteiger partial charge in [0.15, 0.2) is 0 Å². The number of amides is 1. The molecule has 0 unspecified atom stereocenters. The van der Waals surface area contributed by atoms with Crippen LogP contribution in [0, 0.1) is 11.8 Å². The first-order valence-corrected chi connectivity index (χ1v) is 7.77. The maximum absolute atomic E-state index is 12.1. The van der Waals surface area contributed by atoms with Crippen LogP contribution in [0.2, 0.25) is 0 Å². The highest BCUT2D eigenvalue weighted by Crippen LogP contribution is 2.38. The normalized spacial score (nSPS) is 19.5. The number of aromatic nitrogens is 1. The van der Waals surface area contributed by atoms with E-state index >= 15 is 0 Å². The lowest BCUT2D eigenvalue weighted by Gasteiger charge is -2.13. The lowest BCUT2D eigenvalue weighted by Crippen LogP contribution is -2.16. The zero-order valence-corrected chi connectivity index (χ0v) is 12.8. The fourth-order valence-corrected chi connectivity index (χ4v) is 2.53. The van der Waals surface area contributed by atoms with Crippen molar-refractivity contribution in [2.75, 3.05) is 17.2 Å². The number of pyridine rings is 1. The molecule has 1 amide bonds. The Bertz CT molecular complexity index is 642. The second-order valence-corrected chi connectivity index (χ2v) is 5.85. The van der Waals surface area contributed by atoms with Gasteiger partial charge in [0.05, 0.1) is 11.4 Å². The molecule has 3 rings (SSSR count). The van der Waals surface area contributed by atoms with E-state index in [1.54, 1.807) is 6.20 Å². The summed E-state index contributed by atoms with van der Waals surface area (Å²) in [7, 11) is 0.